The number of hydrogen-bond donors (Lipinski definition) is 0. The lowest BCUT2D eigenvalue weighted by Gasteiger charge is -2.37. The summed E-state index contributed by atoms with van der Waals surface area (Å²) in [5, 5.41) is 0. The molecule has 4 aliphatic carbocycles. The average molecular weight is 532 g/mol. The molecular formula is C34H29NO5. The SMILES string of the molecule is O=C(COC(=O)[C@@H](Cc1ccccc1)N1C(=O)[C@@H]2[C@@H]3C=C[C@H]([C@H]4C[C@H]34)[C@@H]2C1=O)c1ccc(-c2ccccc2)cc1. The smallest absolute Gasteiger partial charge is 0.330 e. The second-order valence-electron chi connectivity index (χ2n) is 11.4. The molecule has 0 spiro atoms. The van der Waals surface area contributed by atoms with Crippen molar-refractivity contribution in [3.05, 3.63) is 108 Å². The maximum absolute atomic E-state index is 13.7. The van der Waals surface area contributed by atoms with Crippen molar-refractivity contribution in [1.29, 1.82) is 0 Å². The molecule has 2 bridgehead atoms. The van der Waals surface area contributed by atoms with Gasteiger partial charge >= 0.3 is 5.97 Å². The third-order valence-electron chi connectivity index (χ3n) is 9.21. The van der Waals surface area contributed by atoms with Gasteiger partial charge in [0.15, 0.2) is 12.4 Å². The van der Waals surface area contributed by atoms with E-state index in [9.17, 15) is 19.2 Å². The van der Waals surface area contributed by atoms with Gasteiger partial charge in [0.2, 0.25) is 11.8 Å². The fraction of sp³-hybridized carbons (Fsp3) is 0.294. The summed E-state index contributed by atoms with van der Waals surface area (Å²) in [5.74, 6) is -1.36. The number of carbonyl (C=O) groups excluding carboxylic acids is 4. The van der Waals surface area contributed by atoms with E-state index in [1.807, 2.05) is 72.8 Å². The first kappa shape index (κ1) is 24.7. The Bertz CT molecular complexity index is 1480. The summed E-state index contributed by atoms with van der Waals surface area (Å²) in [7, 11) is 0. The number of amides is 2. The van der Waals surface area contributed by atoms with Gasteiger partial charge in [0, 0.05) is 12.0 Å². The van der Waals surface area contributed by atoms with Gasteiger partial charge in [-0.1, -0.05) is 97.1 Å². The first-order valence-electron chi connectivity index (χ1n) is 14.0. The lowest BCUT2D eigenvalue weighted by atomic mass is 9.63. The molecule has 0 aromatic heterocycles. The van der Waals surface area contributed by atoms with Crippen LogP contribution in [0.1, 0.15) is 22.3 Å². The summed E-state index contributed by atoms with van der Waals surface area (Å²) >= 11 is 0. The van der Waals surface area contributed by atoms with Gasteiger partial charge in [0.1, 0.15) is 6.04 Å². The molecule has 2 amide bonds. The lowest BCUT2D eigenvalue weighted by molar-refractivity contribution is -0.158. The molecule has 2 saturated carbocycles. The Morgan fingerprint density at radius 1 is 0.750 bits per heavy atom. The zero-order valence-electron chi connectivity index (χ0n) is 21.9. The van der Waals surface area contributed by atoms with Crippen LogP contribution in [0.15, 0.2) is 97.1 Å². The third-order valence-corrected chi connectivity index (χ3v) is 9.21. The highest BCUT2D eigenvalue weighted by Crippen LogP contribution is 2.65. The monoisotopic (exact) mass is 531 g/mol. The zero-order chi connectivity index (χ0) is 27.4. The number of esters is 1. The van der Waals surface area contributed by atoms with Crippen molar-refractivity contribution in [2.75, 3.05) is 6.61 Å². The van der Waals surface area contributed by atoms with Crippen LogP contribution in [0.25, 0.3) is 11.1 Å². The number of allylic oxidation sites excluding steroid dienone is 2. The summed E-state index contributed by atoms with van der Waals surface area (Å²) in [6.45, 7) is -0.463. The fourth-order valence-corrected chi connectivity index (χ4v) is 7.20. The fourth-order valence-electron chi connectivity index (χ4n) is 7.20. The van der Waals surface area contributed by atoms with Crippen LogP contribution in [-0.2, 0) is 25.5 Å². The van der Waals surface area contributed by atoms with Gasteiger partial charge in [-0.3, -0.25) is 19.3 Å². The maximum atomic E-state index is 13.7. The Kier molecular flexibility index (Phi) is 5.99. The number of hydrogen-bond acceptors (Lipinski definition) is 5. The Hall–Kier alpha value is -4.32. The van der Waals surface area contributed by atoms with E-state index >= 15 is 0 Å². The van der Waals surface area contributed by atoms with Crippen LogP contribution in [-0.4, -0.2) is 41.1 Å². The molecule has 6 nitrogen and oxygen atoms in total. The second-order valence-corrected chi connectivity index (χ2v) is 11.4. The van der Waals surface area contributed by atoms with Crippen LogP contribution in [0, 0.1) is 35.5 Å². The van der Waals surface area contributed by atoms with E-state index in [0.29, 0.717) is 17.4 Å². The summed E-state index contributed by atoms with van der Waals surface area (Å²) in [6.07, 6.45) is 5.44. The number of nitrogens with zero attached hydrogens (tertiary/aromatic N) is 1. The van der Waals surface area contributed by atoms with Crippen molar-refractivity contribution in [1.82, 2.24) is 4.90 Å². The van der Waals surface area contributed by atoms with Crippen molar-refractivity contribution in [3.63, 3.8) is 0 Å². The van der Waals surface area contributed by atoms with Gasteiger partial charge in [-0.05, 0) is 46.8 Å². The van der Waals surface area contributed by atoms with Gasteiger partial charge in [-0.2, -0.15) is 0 Å². The lowest BCUT2D eigenvalue weighted by Crippen LogP contribution is -2.48. The first-order chi connectivity index (χ1) is 19.5. The Morgan fingerprint density at radius 2 is 1.30 bits per heavy atom. The second kappa shape index (κ2) is 9.70. The zero-order valence-corrected chi connectivity index (χ0v) is 21.9. The van der Waals surface area contributed by atoms with Gasteiger partial charge < -0.3 is 4.74 Å². The number of Topliss-reactive ketones (excluding diaryl/α,β-unsaturated/α-hetero) is 1. The third kappa shape index (κ3) is 4.10. The highest BCUT2D eigenvalue weighted by Gasteiger charge is 2.68. The topological polar surface area (TPSA) is 80.8 Å². The number of benzene rings is 3. The molecule has 0 radical (unpaired) electrons. The van der Waals surface area contributed by atoms with Crippen LogP contribution < -0.4 is 0 Å². The Labute approximate surface area is 232 Å². The Balaban J connectivity index is 1.09. The number of ether oxygens (including phenoxy) is 1. The van der Waals surface area contributed by atoms with Crippen molar-refractivity contribution in [2.45, 2.75) is 18.9 Å². The highest BCUT2D eigenvalue weighted by atomic mass is 16.5. The van der Waals surface area contributed by atoms with Crippen LogP contribution in [0.2, 0.25) is 0 Å². The van der Waals surface area contributed by atoms with Gasteiger partial charge in [0.25, 0.3) is 0 Å². The molecule has 6 heteroatoms. The van der Waals surface area contributed by atoms with E-state index in [4.69, 9.17) is 4.74 Å². The molecular weight excluding hydrogens is 502 g/mol. The minimum absolute atomic E-state index is 0.0651. The first-order valence-corrected chi connectivity index (χ1v) is 14.0. The van der Waals surface area contributed by atoms with Crippen LogP contribution >= 0.6 is 0 Å². The molecule has 7 atom stereocenters. The number of likely N-dealkylation sites (tertiary alicyclic amines) is 1. The maximum Gasteiger partial charge on any atom is 0.330 e. The molecule has 0 unspecified atom stereocenters. The van der Waals surface area contributed by atoms with E-state index in [0.717, 1.165) is 23.1 Å². The molecule has 0 N–H and O–H groups in total. The minimum atomic E-state index is -1.11. The predicted octanol–water partition coefficient (Wildman–Crippen LogP) is 4.74. The summed E-state index contributed by atoms with van der Waals surface area (Å²) in [5.41, 5.74) is 3.25. The van der Waals surface area contributed by atoms with E-state index in [1.54, 1.807) is 12.1 Å². The van der Waals surface area contributed by atoms with E-state index in [-0.39, 0.29) is 35.9 Å². The van der Waals surface area contributed by atoms with Crippen LogP contribution in [0.3, 0.4) is 0 Å². The molecule has 5 aliphatic rings. The molecule has 1 heterocycles. The van der Waals surface area contributed by atoms with Crippen molar-refractivity contribution in [3.8, 4) is 11.1 Å². The van der Waals surface area contributed by atoms with E-state index in [2.05, 4.69) is 12.2 Å². The molecule has 40 heavy (non-hydrogen) atoms. The van der Waals surface area contributed by atoms with E-state index in [1.165, 1.54) is 4.90 Å². The molecule has 8 rings (SSSR count). The molecule has 1 aliphatic heterocycles. The summed E-state index contributed by atoms with van der Waals surface area (Å²) in [6, 6.07) is 25.2. The average Bonchev–Trinajstić information content (AvgIpc) is 3.78. The number of imide groups is 1. The largest absolute Gasteiger partial charge is 0.456 e. The predicted molar refractivity (Wildman–Crippen MR) is 148 cm³/mol. The van der Waals surface area contributed by atoms with Crippen LogP contribution in [0.5, 0.6) is 0 Å². The van der Waals surface area contributed by atoms with Crippen molar-refractivity contribution < 1.29 is 23.9 Å². The quantitative estimate of drug-likeness (QED) is 0.182. The van der Waals surface area contributed by atoms with Gasteiger partial charge in [-0.15, -0.1) is 0 Å². The molecule has 3 aromatic carbocycles. The number of carbonyl (C=O) groups is 4. The standard InChI is InChI=1S/C34H29NO5/c36-29(23-13-11-22(12-14-23)21-9-5-2-6-10-21)19-40-34(39)28(17-20-7-3-1-4-8-20)35-32(37)30-24-15-16-25(27-18-26(24)27)31(30)33(35)38/h1-16,24-28,30-31H,17-19H2/t24-,25-,26-,27-,28-,30-,31+/m1/s1. The highest BCUT2D eigenvalue weighted by molar-refractivity contribution is 6.09. The summed E-state index contributed by atoms with van der Waals surface area (Å²) < 4.78 is 5.52. The molecule has 1 saturated heterocycles. The van der Waals surface area contributed by atoms with Gasteiger partial charge in [0.05, 0.1) is 11.8 Å². The van der Waals surface area contributed by atoms with Gasteiger partial charge in [-0.25, -0.2) is 4.79 Å². The van der Waals surface area contributed by atoms with E-state index < -0.39 is 30.5 Å². The normalized spacial score (nSPS) is 28.1. The number of rotatable bonds is 8. The minimum Gasteiger partial charge on any atom is -0.456 e. The number of ketones is 1. The molecule has 200 valence electrons. The molecule has 3 fully saturated rings. The van der Waals surface area contributed by atoms with Crippen molar-refractivity contribution in [2.24, 2.45) is 35.5 Å². The van der Waals surface area contributed by atoms with Crippen molar-refractivity contribution >= 4 is 23.6 Å². The summed E-state index contributed by atoms with van der Waals surface area (Å²) in [4.78, 5) is 55.1. The molecule has 3 aromatic rings. The Morgan fingerprint density at radius 3 is 1.90 bits per heavy atom. The van der Waals surface area contributed by atoms with Crippen LogP contribution in [0.4, 0.5) is 0 Å².